The van der Waals surface area contributed by atoms with Gasteiger partial charge in [-0.15, -0.1) is 0 Å². The van der Waals surface area contributed by atoms with Crippen LogP contribution in [0.5, 0.6) is 0 Å². The van der Waals surface area contributed by atoms with Crippen LogP contribution in [0.1, 0.15) is 66.8 Å². The number of carbonyl (C=O) groups is 2. The number of ketones is 1. The standard InChI is InChI=1S/C22H26O4/c1-16(2)14-15-22(3,4)26-25-21(24)19-12-10-18(11-13-19)20(23)17-8-6-5-7-9-17/h5-13,16H,14-15H2,1-4H3. The summed E-state index contributed by atoms with van der Waals surface area (Å²) in [5, 5.41) is 0. The van der Waals surface area contributed by atoms with E-state index in [1.807, 2.05) is 32.0 Å². The third-order valence-electron chi connectivity index (χ3n) is 4.09. The van der Waals surface area contributed by atoms with E-state index in [0.717, 1.165) is 12.8 Å². The molecule has 0 aromatic heterocycles. The molecule has 0 saturated heterocycles. The van der Waals surface area contributed by atoms with Gasteiger partial charge in [0.05, 0.1) is 5.56 Å². The molecular formula is C22H26O4. The highest BCUT2D eigenvalue weighted by Gasteiger charge is 2.23. The van der Waals surface area contributed by atoms with Crippen molar-refractivity contribution in [3.8, 4) is 0 Å². The molecule has 0 atom stereocenters. The molecule has 2 aromatic carbocycles. The first kappa shape index (κ1) is 19.9. The third-order valence-corrected chi connectivity index (χ3v) is 4.09. The van der Waals surface area contributed by atoms with Crippen molar-refractivity contribution >= 4 is 11.8 Å². The average Bonchev–Trinajstić information content (AvgIpc) is 2.65. The smallest absolute Gasteiger partial charge is 0.292 e. The van der Waals surface area contributed by atoms with Gasteiger partial charge in [-0.05, 0) is 44.7 Å². The Kier molecular flexibility index (Phi) is 6.70. The highest BCUT2D eigenvalue weighted by atomic mass is 17.2. The summed E-state index contributed by atoms with van der Waals surface area (Å²) in [6.07, 6.45) is 1.78. The van der Waals surface area contributed by atoms with E-state index in [4.69, 9.17) is 9.78 Å². The van der Waals surface area contributed by atoms with Gasteiger partial charge in [0.15, 0.2) is 5.78 Å². The number of carbonyl (C=O) groups excluding carboxylic acids is 2. The van der Waals surface area contributed by atoms with Gasteiger partial charge in [0.25, 0.3) is 0 Å². The van der Waals surface area contributed by atoms with Crippen LogP contribution in [0.4, 0.5) is 0 Å². The van der Waals surface area contributed by atoms with Crippen LogP contribution in [0.2, 0.25) is 0 Å². The van der Waals surface area contributed by atoms with Crippen LogP contribution in [-0.4, -0.2) is 17.4 Å². The molecule has 0 amide bonds. The normalized spacial score (nSPS) is 11.4. The summed E-state index contributed by atoms with van der Waals surface area (Å²) >= 11 is 0. The van der Waals surface area contributed by atoms with Gasteiger partial charge in [0.2, 0.25) is 0 Å². The summed E-state index contributed by atoms with van der Waals surface area (Å²) in [5.41, 5.74) is 0.932. The number of hydrogen-bond acceptors (Lipinski definition) is 4. The minimum atomic E-state index is -0.568. The van der Waals surface area contributed by atoms with Crippen LogP contribution in [0.25, 0.3) is 0 Å². The Balaban J connectivity index is 1.95. The zero-order valence-corrected chi connectivity index (χ0v) is 15.8. The fourth-order valence-corrected chi connectivity index (χ4v) is 2.39. The van der Waals surface area contributed by atoms with Crippen LogP contribution >= 0.6 is 0 Å². The molecule has 0 N–H and O–H groups in total. The maximum absolute atomic E-state index is 12.4. The van der Waals surface area contributed by atoms with Gasteiger partial charge in [-0.1, -0.05) is 56.3 Å². The van der Waals surface area contributed by atoms with Crippen LogP contribution in [0.15, 0.2) is 54.6 Å². The molecule has 4 heteroatoms. The highest BCUT2D eigenvalue weighted by molar-refractivity contribution is 6.09. The Labute approximate surface area is 155 Å². The van der Waals surface area contributed by atoms with Crippen molar-refractivity contribution < 1.29 is 19.4 Å². The number of benzene rings is 2. The van der Waals surface area contributed by atoms with Crippen molar-refractivity contribution in [1.29, 1.82) is 0 Å². The Morgan fingerprint density at radius 1 is 0.885 bits per heavy atom. The lowest BCUT2D eigenvalue weighted by atomic mass is 9.97. The van der Waals surface area contributed by atoms with Gasteiger partial charge in [0.1, 0.15) is 5.60 Å². The van der Waals surface area contributed by atoms with Crippen molar-refractivity contribution in [2.45, 2.75) is 46.1 Å². The second-order valence-corrected chi connectivity index (χ2v) is 7.42. The molecule has 0 spiro atoms. The highest BCUT2D eigenvalue weighted by Crippen LogP contribution is 2.21. The molecule has 138 valence electrons. The number of hydrogen-bond donors (Lipinski definition) is 0. The fraction of sp³-hybridized carbons (Fsp3) is 0.364. The predicted octanol–water partition coefficient (Wildman–Crippen LogP) is 5.22. The van der Waals surface area contributed by atoms with Gasteiger partial charge in [-0.25, -0.2) is 4.79 Å². The molecule has 2 aromatic rings. The van der Waals surface area contributed by atoms with Crippen molar-refractivity contribution in [2.24, 2.45) is 5.92 Å². The lowest BCUT2D eigenvalue weighted by molar-refractivity contribution is -0.308. The molecule has 0 saturated carbocycles. The summed E-state index contributed by atoms with van der Waals surface area (Å²) in [4.78, 5) is 34.8. The van der Waals surface area contributed by atoms with Crippen LogP contribution in [0.3, 0.4) is 0 Å². The van der Waals surface area contributed by atoms with E-state index in [0.29, 0.717) is 22.6 Å². The lowest BCUT2D eigenvalue weighted by Crippen LogP contribution is -2.26. The molecule has 0 aliphatic rings. The van der Waals surface area contributed by atoms with E-state index in [1.54, 1.807) is 36.4 Å². The summed E-state index contributed by atoms with van der Waals surface area (Å²) in [6.45, 7) is 8.06. The van der Waals surface area contributed by atoms with Crippen molar-refractivity contribution in [1.82, 2.24) is 0 Å². The SMILES string of the molecule is CC(C)CCC(C)(C)OOC(=O)c1ccc(C(=O)c2ccccc2)cc1. The molecule has 2 rings (SSSR count). The van der Waals surface area contributed by atoms with E-state index in [2.05, 4.69) is 13.8 Å². The van der Waals surface area contributed by atoms with E-state index >= 15 is 0 Å². The maximum atomic E-state index is 12.4. The van der Waals surface area contributed by atoms with E-state index in [-0.39, 0.29) is 5.78 Å². The lowest BCUT2D eigenvalue weighted by Gasteiger charge is -2.23. The molecule has 0 aliphatic carbocycles. The molecule has 0 heterocycles. The van der Waals surface area contributed by atoms with Gasteiger partial charge < -0.3 is 0 Å². The minimum absolute atomic E-state index is 0.0865. The van der Waals surface area contributed by atoms with Crippen molar-refractivity contribution in [2.75, 3.05) is 0 Å². The zero-order chi connectivity index (χ0) is 19.2. The van der Waals surface area contributed by atoms with Gasteiger partial charge in [0, 0.05) is 11.1 Å². The van der Waals surface area contributed by atoms with Gasteiger partial charge >= 0.3 is 5.97 Å². The fourth-order valence-electron chi connectivity index (χ4n) is 2.39. The van der Waals surface area contributed by atoms with Crippen molar-refractivity contribution in [3.63, 3.8) is 0 Å². The Morgan fingerprint density at radius 3 is 2.00 bits per heavy atom. The van der Waals surface area contributed by atoms with Gasteiger partial charge in [-0.3, -0.25) is 9.68 Å². The molecule has 0 aliphatic heterocycles. The predicted molar refractivity (Wildman–Crippen MR) is 101 cm³/mol. The summed E-state index contributed by atoms with van der Waals surface area (Å²) in [5.74, 6) is -0.0961. The van der Waals surface area contributed by atoms with Crippen LogP contribution in [0, 0.1) is 5.92 Å². The molecular weight excluding hydrogens is 328 g/mol. The molecule has 4 nitrogen and oxygen atoms in total. The van der Waals surface area contributed by atoms with E-state index in [9.17, 15) is 9.59 Å². The first-order valence-corrected chi connectivity index (χ1v) is 8.88. The minimum Gasteiger partial charge on any atom is -0.292 e. The molecule has 0 bridgehead atoms. The second kappa shape index (κ2) is 8.77. The first-order chi connectivity index (χ1) is 12.3. The van der Waals surface area contributed by atoms with Gasteiger partial charge in [-0.2, -0.15) is 4.89 Å². The average molecular weight is 354 g/mol. The first-order valence-electron chi connectivity index (χ1n) is 8.88. The summed E-state index contributed by atoms with van der Waals surface area (Å²) in [6, 6.07) is 15.4. The summed E-state index contributed by atoms with van der Waals surface area (Å²) < 4.78 is 0. The largest absolute Gasteiger partial charge is 0.373 e. The Hall–Kier alpha value is -2.46. The van der Waals surface area contributed by atoms with E-state index in [1.165, 1.54) is 0 Å². The maximum Gasteiger partial charge on any atom is 0.373 e. The second-order valence-electron chi connectivity index (χ2n) is 7.42. The molecule has 0 unspecified atom stereocenters. The quantitative estimate of drug-likeness (QED) is 0.370. The zero-order valence-electron chi connectivity index (χ0n) is 15.8. The van der Waals surface area contributed by atoms with Crippen LogP contribution in [-0.2, 0) is 9.78 Å². The van der Waals surface area contributed by atoms with E-state index < -0.39 is 11.6 Å². The third kappa shape index (κ3) is 5.81. The van der Waals surface area contributed by atoms with Crippen LogP contribution < -0.4 is 0 Å². The van der Waals surface area contributed by atoms with Crippen molar-refractivity contribution in [3.05, 3.63) is 71.3 Å². The molecule has 0 radical (unpaired) electrons. The Morgan fingerprint density at radius 2 is 1.42 bits per heavy atom. The molecule has 26 heavy (non-hydrogen) atoms. The monoisotopic (exact) mass is 354 g/mol. The molecule has 0 fully saturated rings. The number of rotatable bonds is 8. The topological polar surface area (TPSA) is 52.6 Å². The Bertz CT molecular complexity index is 730. The summed E-state index contributed by atoms with van der Waals surface area (Å²) in [7, 11) is 0.